The van der Waals surface area contributed by atoms with Crippen LogP contribution in [0.25, 0.3) is 34.0 Å². The van der Waals surface area contributed by atoms with Crippen LogP contribution in [0.4, 0.5) is 5.82 Å². The molecule has 0 radical (unpaired) electrons. The predicted octanol–water partition coefficient (Wildman–Crippen LogP) is 19.8. The summed E-state index contributed by atoms with van der Waals surface area (Å²) < 4.78 is 5.62. The summed E-state index contributed by atoms with van der Waals surface area (Å²) >= 11 is 3.52. The summed E-state index contributed by atoms with van der Waals surface area (Å²) in [4.78, 5) is 17.4. The summed E-state index contributed by atoms with van der Waals surface area (Å²) in [5, 5.41) is 0. The number of aromatic nitrogens is 4. The van der Waals surface area contributed by atoms with Crippen molar-refractivity contribution in [2.45, 2.75) is 143 Å². The molecule has 2 N–H and O–H groups in total. The molecule has 3 fully saturated rings. The Bertz CT molecular complexity index is 3980. The Kier molecular flexibility index (Phi) is 24.3. The molecule has 4 aromatic heterocycles. The van der Waals surface area contributed by atoms with Gasteiger partial charge in [-0.05, 0) is 211 Å². The minimum atomic E-state index is 0.565. The first-order chi connectivity index (χ1) is 46.0. The van der Waals surface area contributed by atoms with E-state index in [2.05, 4.69) is 303 Å². The van der Waals surface area contributed by atoms with Crippen molar-refractivity contribution in [3.8, 4) is 34.0 Å². The lowest BCUT2D eigenvalue weighted by Crippen LogP contribution is -2.40. The van der Waals surface area contributed by atoms with E-state index in [0.717, 1.165) is 59.7 Å². The molecule has 3 unspecified atom stereocenters. The largest absolute Gasteiger partial charge is 0.384 e. The number of rotatable bonds is 16. The molecular formula is C85H95BrN8. The number of para-hydroxylation sites is 1. The molecule has 7 heterocycles. The molecule has 3 saturated heterocycles. The van der Waals surface area contributed by atoms with Crippen LogP contribution in [0.5, 0.6) is 0 Å². The van der Waals surface area contributed by atoms with Crippen molar-refractivity contribution in [2.75, 3.05) is 25.4 Å². The van der Waals surface area contributed by atoms with E-state index in [1.165, 1.54) is 151 Å². The lowest BCUT2D eigenvalue weighted by atomic mass is 9.94. The maximum absolute atomic E-state index is 5.81. The van der Waals surface area contributed by atoms with Crippen LogP contribution in [0.1, 0.15) is 114 Å². The molecule has 3 aliphatic rings. The van der Waals surface area contributed by atoms with Gasteiger partial charge in [0.15, 0.2) is 0 Å². The average molecular weight is 1310 g/mol. The number of piperidine rings is 3. The molecule has 7 aromatic carbocycles. The van der Waals surface area contributed by atoms with Gasteiger partial charge in [-0.15, -0.1) is 0 Å². The zero-order valence-electron chi connectivity index (χ0n) is 55.8. The molecule has 0 amide bonds. The second-order valence-corrected chi connectivity index (χ2v) is 26.9. The van der Waals surface area contributed by atoms with Crippen molar-refractivity contribution in [1.82, 2.24) is 33.8 Å². The highest BCUT2D eigenvalue weighted by molar-refractivity contribution is 9.10. The molecule has 3 atom stereocenters. The summed E-state index contributed by atoms with van der Waals surface area (Å²) in [6.45, 7) is 15.3. The van der Waals surface area contributed by atoms with Crippen LogP contribution in [0.2, 0.25) is 0 Å². The van der Waals surface area contributed by atoms with Crippen LogP contribution in [0.3, 0.4) is 0 Å². The van der Waals surface area contributed by atoms with Crippen LogP contribution in [0, 0.1) is 27.7 Å². The van der Waals surface area contributed by atoms with Gasteiger partial charge in [0.05, 0.1) is 11.4 Å². The van der Waals surface area contributed by atoms with Crippen LogP contribution >= 0.6 is 15.9 Å². The first kappa shape index (κ1) is 67.0. The minimum absolute atomic E-state index is 0.565. The highest BCUT2D eigenvalue weighted by atomic mass is 79.9. The van der Waals surface area contributed by atoms with Crippen LogP contribution < -0.4 is 5.73 Å². The topological polar surface area (TPSA) is 71.4 Å². The standard InChI is InChI=1S/C30H33N3.C24H27N3.C19H22BrN.C12H13N/c1-23-14-15-24(2)33(23)30-13-8-12-29(31-30)27-18-16-25(17-19-27)21-28-11-6-7-20-32(28)22-26-9-4-3-5-10-26;25-24-11-6-10-23(26-24)21-14-12-19(13-15-21)17-22-9-4-5-16-27(22)18-20-7-2-1-3-8-20;20-18-11-9-16(10-12-18)14-19-8-4-5-13-21(19)15-17-6-2-1-3-7-17;1-10-8-9-11(2)13(10)12-6-4-3-5-7-12/h3-5,8-10,12-19,28H,6-7,11,20-22H2,1-2H3;1-3,6-8,10-15,22H,4-5,9,16-18H2,(H2,25,26);1-3,6-7,9-12,19H,4-5,8,13-15H2;3-9H,1-2H3. The Hall–Kier alpha value is -8.44. The third-order valence-electron chi connectivity index (χ3n) is 19.1. The van der Waals surface area contributed by atoms with E-state index in [0.29, 0.717) is 23.9 Å². The van der Waals surface area contributed by atoms with Gasteiger partial charge in [0, 0.05) is 81.8 Å². The molecule has 14 rings (SSSR count). The van der Waals surface area contributed by atoms with E-state index in [9.17, 15) is 0 Å². The molecular weight excluding hydrogens is 1210 g/mol. The molecule has 11 aromatic rings. The zero-order chi connectivity index (χ0) is 64.9. The van der Waals surface area contributed by atoms with Crippen molar-refractivity contribution >= 4 is 21.7 Å². The molecule has 0 spiro atoms. The Morgan fingerprint density at radius 2 is 0.691 bits per heavy atom. The maximum Gasteiger partial charge on any atom is 0.137 e. The van der Waals surface area contributed by atoms with Crippen molar-refractivity contribution in [3.63, 3.8) is 0 Å². The maximum atomic E-state index is 5.81. The normalized spacial score (nSPS) is 16.8. The SMILES string of the molecule is Brc1ccc(CC2CCCCN2Cc2ccccc2)cc1.Cc1ccc(C)n1-c1cccc(-c2ccc(CC3CCCCN3Cc3ccccc3)cc2)n1.Cc1ccc(C)n1-c1ccccc1.Nc1cccc(-c2ccc(CC3CCCCN3Cc3ccccc3)cc2)n1. The van der Waals surface area contributed by atoms with Crippen molar-refractivity contribution < 1.29 is 0 Å². The predicted molar refractivity (Wildman–Crippen MR) is 397 cm³/mol. The van der Waals surface area contributed by atoms with E-state index in [-0.39, 0.29) is 0 Å². The molecule has 482 valence electrons. The molecule has 3 aliphatic heterocycles. The van der Waals surface area contributed by atoms with Gasteiger partial charge in [-0.25, -0.2) is 9.97 Å². The number of halogens is 1. The van der Waals surface area contributed by atoms with Gasteiger partial charge in [-0.1, -0.05) is 217 Å². The van der Waals surface area contributed by atoms with Crippen molar-refractivity contribution in [1.29, 1.82) is 0 Å². The number of aryl methyl sites for hydroxylation is 4. The number of hydrogen-bond acceptors (Lipinski definition) is 6. The third kappa shape index (κ3) is 19.1. The Morgan fingerprint density at radius 3 is 1.09 bits per heavy atom. The Balaban J connectivity index is 0.000000134. The van der Waals surface area contributed by atoms with E-state index < -0.39 is 0 Å². The number of nitrogens with two attached hydrogens (primary N) is 1. The number of anilines is 1. The molecule has 0 bridgehead atoms. The van der Waals surface area contributed by atoms with Crippen LogP contribution in [-0.4, -0.2) is 71.6 Å². The summed E-state index contributed by atoms with van der Waals surface area (Å²) in [6, 6.07) is 92.3. The van der Waals surface area contributed by atoms with Gasteiger partial charge < -0.3 is 14.9 Å². The van der Waals surface area contributed by atoms with E-state index >= 15 is 0 Å². The first-order valence-electron chi connectivity index (χ1n) is 34.4. The molecule has 8 nitrogen and oxygen atoms in total. The van der Waals surface area contributed by atoms with Gasteiger partial charge in [0.1, 0.15) is 11.6 Å². The smallest absolute Gasteiger partial charge is 0.137 e. The summed E-state index contributed by atoms with van der Waals surface area (Å²) in [5.74, 6) is 1.55. The van der Waals surface area contributed by atoms with E-state index in [1.807, 2.05) is 24.3 Å². The summed E-state index contributed by atoms with van der Waals surface area (Å²) in [5.41, 5.74) is 24.8. The minimum Gasteiger partial charge on any atom is -0.384 e. The number of benzene rings is 7. The number of nitrogens with zero attached hydrogens (tertiary/aromatic N) is 7. The monoisotopic (exact) mass is 1310 g/mol. The fraction of sp³-hybridized carbons (Fsp3) is 0.294. The Labute approximate surface area is 569 Å². The first-order valence-corrected chi connectivity index (χ1v) is 35.2. The summed E-state index contributed by atoms with van der Waals surface area (Å²) in [7, 11) is 0. The Morgan fingerprint density at radius 1 is 0.340 bits per heavy atom. The number of nitrogen functional groups attached to an aromatic ring is 1. The lowest BCUT2D eigenvalue weighted by molar-refractivity contribution is 0.139. The second-order valence-electron chi connectivity index (χ2n) is 26.0. The average Bonchev–Trinajstić information content (AvgIpc) is 1.80. The molecule has 94 heavy (non-hydrogen) atoms. The number of likely N-dealkylation sites (tertiary alicyclic amines) is 3. The van der Waals surface area contributed by atoms with E-state index in [4.69, 9.17) is 10.7 Å². The fourth-order valence-corrected chi connectivity index (χ4v) is 14.3. The van der Waals surface area contributed by atoms with Crippen LogP contribution in [0.15, 0.2) is 259 Å². The van der Waals surface area contributed by atoms with Gasteiger partial charge in [-0.2, -0.15) is 0 Å². The number of hydrogen-bond donors (Lipinski definition) is 1. The van der Waals surface area contributed by atoms with Crippen LogP contribution in [-0.2, 0) is 38.9 Å². The fourth-order valence-electron chi connectivity index (χ4n) is 14.0. The molecule has 9 heteroatoms. The van der Waals surface area contributed by atoms with Gasteiger partial charge in [-0.3, -0.25) is 14.7 Å². The van der Waals surface area contributed by atoms with Crippen molar-refractivity contribution in [3.05, 3.63) is 315 Å². The van der Waals surface area contributed by atoms with Gasteiger partial charge >= 0.3 is 0 Å². The number of pyridine rings is 2. The summed E-state index contributed by atoms with van der Waals surface area (Å²) in [6.07, 6.45) is 15.3. The molecule has 0 aliphatic carbocycles. The quantitative estimate of drug-likeness (QED) is 0.104. The zero-order valence-corrected chi connectivity index (χ0v) is 57.4. The second kappa shape index (κ2) is 34.1. The van der Waals surface area contributed by atoms with Gasteiger partial charge in [0.25, 0.3) is 0 Å². The lowest BCUT2D eigenvalue weighted by Gasteiger charge is -2.36. The van der Waals surface area contributed by atoms with Gasteiger partial charge in [0.2, 0.25) is 0 Å². The highest BCUT2D eigenvalue weighted by Crippen LogP contribution is 2.29. The van der Waals surface area contributed by atoms with E-state index in [1.54, 1.807) is 0 Å². The van der Waals surface area contributed by atoms with Crippen molar-refractivity contribution in [2.24, 2.45) is 0 Å². The molecule has 0 saturated carbocycles. The highest BCUT2D eigenvalue weighted by Gasteiger charge is 2.26. The third-order valence-corrected chi connectivity index (χ3v) is 19.6.